The number of carbonyl (C=O) groups excluding carboxylic acids is 1. The van der Waals surface area contributed by atoms with E-state index < -0.39 is 0 Å². The first-order valence-electron chi connectivity index (χ1n) is 9.45. The number of amides is 1. The van der Waals surface area contributed by atoms with E-state index in [0.29, 0.717) is 36.9 Å². The summed E-state index contributed by atoms with van der Waals surface area (Å²) in [5.74, 6) is 1.87. The second kappa shape index (κ2) is 7.98. The van der Waals surface area contributed by atoms with Crippen molar-refractivity contribution in [1.82, 2.24) is 15.1 Å². The maximum Gasteiger partial charge on any atom is 0.289 e. The molecule has 8 heteroatoms. The quantitative estimate of drug-likeness (QED) is 0.392. The SMILES string of the molecule is CN=C(NC1C2CCOC2C1(C)C)N1CCN(C(=O)c2ccco2)CC1.I. The fourth-order valence-corrected chi connectivity index (χ4v) is 4.73. The molecule has 3 aliphatic rings. The summed E-state index contributed by atoms with van der Waals surface area (Å²) in [6, 6.07) is 3.85. The predicted octanol–water partition coefficient (Wildman–Crippen LogP) is 2.04. The van der Waals surface area contributed by atoms with E-state index in [2.05, 4.69) is 29.1 Å². The fourth-order valence-electron chi connectivity index (χ4n) is 4.73. The molecule has 1 aromatic heterocycles. The molecule has 2 saturated heterocycles. The molecule has 3 unspecified atom stereocenters. The molecule has 0 aromatic carbocycles. The highest BCUT2D eigenvalue weighted by Gasteiger charge is 2.59. The molecule has 0 spiro atoms. The lowest BCUT2D eigenvalue weighted by molar-refractivity contribution is -0.107. The van der Waals surface area contributed by atoms with Gasteiger partial charge in [-0.2, -0.15) is 0 Å². The molecule has 1 aromatic rings. The van der Waals surface area contributed by atoms with Crippen LogP contribution in [0.15, 0.2) is 27.8 Å². The molecule has 3 fully saturated rings. The van der Waals surface area contributed by atoms with Crippen molar-refractivity contribution in [2.75, 3.05) is 39.8 Å². The van der Waals surface area contributed by atoms with Crippen LogP contribution in [-0.2, 0) is 4.74 Å². The van der Waals surface area contributed by atoms with Crippen LogP contribution in [0.2, 0.25) is 0 Å². The molecule has 0 radical (unpaired) electrons. The Bertz CT molecular complexity index is 683. The second-order valence-electron chi connectivity index (χ2n) is 7.99. The summed E-state index contributed by atoms with van der Waals surface area (Å²) in [7, 11) is 1.83. The van der Waals surface area contributed by atoms with Gasteiger partial charge in [0.15, 0.2) is 11.7 Å². The van der Waals surface area contributed by atoms with Crippen LogP contribution in [0.25, 0.3) is 0 Å². The van der Waals surface area contributed by atoms with Gasteiger partial charge >= 0.3 is 0 Å². The van der Waals surface area contributed by atoms with Gasteiger partial charge < -0.3 is 24.3 Å². The third-order valence-electron chi connectivity index (χ3n) is 6.20. The number of piperazine rings is 1. The van der Waals surface area contributed by atoms with E-state index in [1.807, 2.05) is 11.9 Å². The average molecular weight is 488 g/mol. The number of nitrogens with zero attached hydrogens (tertiary/aromatic N) is 3. The Morgan fingerprint density at radius 1 is 1.26 bits per heavy atom. The molecule has 3 heterocycles. The molecule has 4 rings (SSSR count). The highest BCUT2D eigenvalue weighted by molar-refractivity contribution is 14.0. The third kappa shape index (κ3) is 3.57. The summed E-state index contributed by atoms with van der Waals surface area (Å²) >= 11 is 0. The van der Waals surface area contributed by atoms with Gasteiger partial charge in [-0.3, -0.25) is 9.79 Å². The average Bonchev–Trinajstić information content (AvgIpc) is 3.33. The number of aliphatic imine (C=N–C) groups is 1. The number of nitrogens with one attached hydrogen (secondary N) is 1. The van der Waals surface area contributed by atoms with Crippen LogP contribution in [0.4, 0.5) is 0 Å². The molecule has 27 heavy (non-hydrogen) atoms. The highest BCUT2D eigenvalue weighted by Crippen LogP contribution is 2.52. The van der Waals surface area contributed by atoms with E-state index in [-0.39, 0.29) is 35.3 Å². The van der Waals surface area contributed by atoms with E-state index in [1.54, 1.807) is 12.1 Å². The molecular weight excluding hydrogens is 459 g/mol. The van der Waals surface area contributed by atoms with Crippen molar-refractivity contribution >= 4 is 35.8 Å². The van der Waals surface area contributed by atoms with Gasteiger partial charge in [-0.05, 0) is 18.6 Å². The Kier molecular flexibility index (Phi) is 6.05. The zero-order valence-electron chi connectivity index (χ0n) is 16.2. The summed E-state index contributed by atoms with van der Waals surface area (Å²) in [5.41, 5.74) is 0.119. The number of rotatable bonds is 2. The molecule has 1 aliphatic carbocycles. The Hall–Kier alpha value is -1.29. The van der Waals surface area contributed by atoms with Gasteiger partial charge in [-0.15, -0.1) is 24.0 Å². The summed E-state index contributed by atoms with van der Waals surface area (Å²) < 4.78 is 11.1. The first kappa shape index (κ1) is 20.4. The van der Waals surface area contributed by atoms with Gasteiger partial charge in [-0.1, -0.05) is 13.8 Å². The monoisotopic (exact) mass is 488 g/mol. The van der Waals surface area contributed by atoms with Crippen LogP contribution < -0.4 is 5.32 Å². The molecule has 3 atom stereocenters. The Morgan fingerprint density at radius 2 is 1.96 bits per heavy atom. The smallest absolute Gasteiger partial charge is 0.289 e. The van der Waals surface area contributed by atoms with Gasteiger partial charge in [0.25, 0.3) is 5.91 Å². The molecule has 1 N–H and O–H groups in total. The molecule has 150 valence electrons. The molecule has 7 nitrogen and oxygen atoms in total. The summed E-state index contributed by atoms with van der Waals surface area (Å²) in [6.45, 7) is 8.28. The van der Waals surface area contributed by atoms with Crippen molar-refractivity contribution in [3.63, 3.8) is 0 Å². The summed E-state index contributed by atoms with van der Waals surface area (Å²) in [5, 5.41) is 3.68. The van der Waals surface area contributed by atoms with Crippen LogP contribution >= 0.6 is 24.0 Å². The number of hydrogen-bond donors (Lipinski definition) is 1. The summed E-state index contributed by atoms with van der Waals surface area (Å²) in [4.78, 5) is 21.0. The van der Waals surface area contributed by atoms with Gasteiger partial charge in [0.1, 0.15) is 0 Å². The minimum atomic E-state index is -0.0383. The maximum absolute atomic E-state index is 12.4. The molecule has 1 amide bonds. The van der Waals surface area contributed by atoms with Crippen molar-refractivity contribution in [1.29, 1.82) is 0 Å². The normalized spacial score (nSPS) is 29.6. The van der Waals surface area contributed by atoms with Crippen LogP contribution in [-0.4, -0.2) is 73.6 Å². The molecular formula is C19H29IN4O3. The van der Waals surface area contributed by atoms with Crippen molar-refractivity contribution in [2.45, 2.75) is 32.4 Å². The lowest BCUT2D eigenvalue weighted by atomic mass is 9.57. The van der Waals surface area contributed by atoms with Crippen LogP contribution in [0, 0.1) is 11.3 Å². The molecule has 0 bridgehead atoms. The topological polar surface area (TPSA) is 70.3 Å². The number of furan rings is 1. The Labute approximate surface area is 177 Å². The van der Waals surface area contributed by atoms with E-state index in [1.165, 1.54) is 6.26 Å². The first-order valence-corrected chi connectivity index (χ1v) is 9.45. The van der Waals surface area contributed by atoms with Crippen molar-refractivity contribution in [2.24, 2.45) is 16.3 Å². The number of hydrogen-bond acceptors (Lipinski definition) is 4. The van der Waals surface area contributed by atoms with Crippen molar-refractivity contribution < 1.29 is 13.9 Å². The van der Waals surface area contributed by atoms with E-state index in [9.17, 15) is 4.79 Å². The maximum atomic E-state index is 12.4. The van der Waals surface area contributed by atoms with Crippen LogP contribution in [0.3, 0.4) is 0 Å². The first-order chi connectivity index (χ1) is 12.5. The van der Waals surface area contributed by atoms with Gasteiger partial charge in [-0.25, -0.2) is 0 Å². The highest BCUT2D eigenvalue weighted by atomic mass is 127. The number of halogens is 1. The van der Waals surface area contributed by atoms with Crippen molar-refractivity contribution in [3.05, 3.63) is 24.2 Å². The van der Waals surface area contributed by atoms with E-state index >= 15 is 0 Å². The van der Waals surface area contributed by atoms with Gasteiger partial charge in [0, 0.05) is 57.2 Å². The standard InChI is InChI=1S/C19H28N4O3.HI/c1-19(2)15(13-6-12-26-16(13)19)21-18(20-3)23-9-7-22(8-10-23)17(24)14-5-4-11-25-14;/h4-5,11,13,15-16H,6-10,12H2,1-3H3,(H,20,21);1H. The minimum absolute atomic E-state index is 0. The largest absolute Gasteiger partial charge is 0.459 e. The second-order valence-corrected chi connectivity index (χ2v) is 7.99. The van der Waals surface area contributed by atoms with Crippen LogP contribution in [0.1, 0.15) is 30.8 Å². The van der Waals surface area contributed by atoms with E-state index in [4.69, 9.17) is 9.15 Å². The number of guanidine groups is 1. The van der Waals surface area contributed by atoms with E-state index in [0.717, 1.165) is 32.1 Å². The number of ether oxygens (including phenoxy) is 1. The van der Waals surface area contributed by atoms with Crippen LogP contribution in [0.5, 0.6) is 0 Å². The zero-order valence-corrected chi connectivity index (χ0v) is 18.5. The Morgan fingerprint density at radius 3 is 2.59 bits per heavy atom. The van der Waals surface area contributed by atoms with Crippen molar-refractivity contribution in [3.8, 4) is 0 Å². The Balaban J connectivity index is 0.00000210. The van der Waals surface area contributed by atoms with Gasteiger partial charge in [0.2, 0.25) is 0 Å². The summed E-state index contributed by atoms with van der Waals surface area (Å²) in [6.07, 6.45) is 3.02. The lowest BCUT2D eigenvalue weighted by Gasteiger charge is -2.55. The predicted molar refractivity (Wildman–Crippen MR) is 114 cm³/mol. The molecule has 1 saturated carbocycles. The molecule has 2 aliphatic heterocycles. The fraction of sp³-hybridized carbons (Fsp3) is 0.684. The zero-order chi connectivity index (χ0) is 18.3. The minimum Gasteiger partial charge on any atom is -0.459 e. The number of fused-ring (bicyclic) bond motifs is 1. The number of carbonyl (C=O) groups is 1. The lowest BCUT2D eigenvalue weighted by Crippen LogP contribution is -2.68. The third-order valence-corrected chi connectivity index (χ3v) is 6.20. The van der Waals surface area contributed by atoms with Gasteiger partial charge in [0.05, 0.1) is 12.4 Å².